The van der Waals surface area contributed by atoms with Crippen molar-refractivity contribution < 1.29 is 19.1 Å². The Kier molecular flexibility index (Phi) is 6.60. The molecule has 0 aromatic heterocycles. The first-order valence-electron chi connectivity index (χ1n) is 10.6. The standard InChI is InChI=1S/C26H24N2O4/c29-18-19-10-12-21(13-11-19)25(30)28-16-14-22(15-17-28)32-26(31)27-24-9-5-4-8-23(24)20-6-2-1-3-7-20/h1-13,18,22H,14-17H2,(H,27,31). The van der Waals surface area contributed by atoms with E-state index in [0.29, 0.717) is 42.7 Å². The van der Waals surface area contributed by atoms with E-state index in [0.717, 1.165) is 17.4 Å². The summed E-state index contributed by atoms with van der Waals surface area (Å²) in [6.07, 6.45) is 1.15. The summed E-state index contributed by atoms with van der Waals surface area (Å²) in [4.78, 5) is 37.7. The summed E-state index contributed by atoms with van der Waals surface area (Å²) in [6.45, 7) is 1.01. The zero-order valence-electron chi connectivity index (χ0n) is 17.6. The lowest BCUT2D eigenvalue weighted by molar-refractivity contribution is 0.0468. The van der Waals surface area contributed by atoms with Crippen molar-refractivity contribution in [2.24, 2.45) is 0 Å². The number of aldehydes is 1. The monoisotopic (exact) mass is 428 g/mol. The van der Waals surface area contributed by atoms with Crippen molar-refractivity contribution in [3.05, 3.63) is 90.0 Å². The average molecular weight is 428 g/mol. The first kappa shape index (κ1) is 21.3. The number of para-hydroxylation sites is 1. The molecule has 0 bridgehead atoms. The Hall–Kier alpha value is -3.93. The number of carbonyl (C=O) groups excluding carboxylic acids is 3. The number of hydrogen-bond acceptors (Lipinski definition) is 4. The highest BCUT2D eigenvalue weighted by molar-refractivity contribution is 5.95. The molecule has 0 spiro atoms. The van der Waals surface area contributed by atoms with Gasteiger partial charge in [-0.3, -0.25) is 14.9 Å². The van der Waals surface area contributed by atoms with E-state index in [1.165, 1.54) is 0 Å². The summed E-state index contributed by atoms with van der Waals surface area (Å²) in [7, 11) is 0. The van der Waals surface area contributed by atoms with Crippen LogP contribution in [0.1, 0.15) is 33.6 Å². The van der Waals surface area contributed by atoms with Gasteiger partial charge in [0.15, 0.2) is 0 Å². The highest BCUT2D eigenvalue weighted by atomic mass is 16.6. The van der Waals surface area contributed by atoms with E-state index >= 15 is 0 Å². The van der Waals surface area contributed by atoms with Gasteiger partial charge in [0.1, 0.15) is 12.4 Å². The zero-order valence-corrected chi connectivity index (χ0v) is 17.6. The number of rotatable bonds is 5. The number of hydrogen-bond donors (Lipinski definition) is 1. The number of anilines is 1. The predicted molar refractivity (Wildman–Crippen MR) is 123 cm³/mol. The fourth-order valence-electron chi connectivity index (χ4n) is 3.82. The van der Waals surface area contributed by atoms with Crippen molar-refractivity contribution in [2.45, 2.75) is 18.9 Å². The summed E-state index contributed by atoms with van der Waals surface area (Å²) in [6, 6.07) is 24.0. The number of amides is 2. The molecule has 0 aliphatic carbocycles. The van der Waals surface area contributed by atoms with Crippen LogP contribution in [-0.2, 0) is 4.74 Å². The van der Waals surface area contributed by atoms with E-state index in [-0.39, 0.29) is 12.0 Å². The molecule has 1 heterocycles. The molecule has 0 radical (unpaired) electrons. The van der Waals surface area contributed by atoms with Gasteiger partial charge >= 0.3 is 6.09 Å². The smallest absolute Gasteiger partial charge is 0.411 e. The van der Waals surface area contributed by atoms with Crippen LogP contribution in [0, 0.1) is 0 Å². The maximum absolute atomic E-state index is 12.7. The average Bonchev–Trinajstić information content (AvgIpc) is 2.85. The van der Waals surface area contributed by atoms with Crippen LogP contribution in [-0.4, -0.2) is 42.4 Å². The molecule has 0 unspecified atom stereocenters. The van der Waals surface area contributed by atoms with Crippen LogP contribution >= 0.6 is 0 Å². The second kappa shape index (κ2) is 9.92. The van der Waals surface area contributed by atoms with Crippen molar-refractivity contribution in [1.29, 1.82) is 0 Å². The van der Waals surface area contributed by atoms with Crippen LogP contribution in [0.5, 0.6) is 0 Å². The molecular weight excluding hydrogens is 404 g/mol. The third kappa shape index (κ3) is 5.03. The van der Waals surface area contributed by atoms with Gasteiger partial charge in [0.05, 0.1) is 5.69 Å². The second-order valence-electron chi connectivity index (χ2n) is 7.67. The molecule has 1 aliphatic heterocycles. The normalized spacial score (nSPS) is 13.9. The van der Waals surface area contributed by atoms with Gasteiger partial charge in [0.2, 0.25) is 0 Å². The highest BCUT2D eigenvalue weighted by Crippen LogP contribution is 2.28. The fourth-order valence-corrected chi connectivity index (χ4v) is 3.82. The third-order valence-electron chi connectivity index (χ3n) is 5.55. The Morgan fingerprint density at radius 2 is 1.53 bits per heavy atom. The molecule has 4 rings (SSSR count). The molecule has 1 aliphatic rings. The lowest BCUT2D eigenvalue weighted by Crippen LogP contribution is -2.41. The topological polar surface area (TPSA) is 75.7 Å². The minimum Gasteiger partial charge on any atom is -0.446 e. The minimum atomic E-state index is -0.498. The first-order valence-corrected chi connectivity index (χ1v) is 10.6. The number of nitrogens with one attached hydrogen (secondary N) is 1. The Labute approximate surface area is 186 Å². The number of likely N-dealkylation sites (tertiary alicyclic amines) is 1. The van der Waals surface area contributed by atoms with Crippen LogP contribution < -0.4 is 5.32 Å². The molecule has 32 heavy (non-hydrogen) atoms. The molecule has 0 saturated carbocycles. The zero-order chi connectivity index (χ0) is 22.3. The number of carbonyl (C=O) groups is 3. The molecule has 2 amide bonds. The highest BCUT2D eigenvalue weighted by Gasteiger charge is 2.26. The maximum atomic E-state index is 12.7. The summed E-state index contributed by atoms with van der Waals surface area (Å²) in [5, 5.41) is 2.86. The van der Waals surface area contributed by atoms with Crippen molar-refractivity contribution in [1.82, 2.24) is 4.90 Å². The molecule has 0 atom stereocenters. The molecule has 3 aromatic carbocycles. The van der Waals surface area contributed by atoms with E-state index in [9.17, 15) is 14.4 Å². The third-order valence-corrected chi connectivity index (χ3v) is 5.55. The molecule has 6 nitrogen and oxygen atoms in total. The molecule has 1 fully saturated rings. The van der Waals surface area contributed by atoms with Gasteiger partial charge in [-0.2, -0.15) is 0 Å². The van der Waals surface area contributed by atoms with Gasteiger partial charge in [0.25, 0.3) is 5.91 Å². The van der Waals surface area contributed by atoms with Crippen molar-refractivity contribution in [3.63, 3.8) is 0 Å². The Balaban J connectivity index is 1.31. The summed E-state index contributed by atoms with van der Waals surface area (Å²) in [5.74, 6) is -0.0814. The van der Waals surface area contributed by atoms with Crippen molar-refractivity contribution >= 4 is 24.0 Å². The van der Waals surface area contributed by atoms with Crippen LogP contribution in [0.15, 0.2) is 78.9 Å². The first-order chi connectivity index (χ1) is 15.6. The van der Waals surface area contributed by atoms with Crippen molar-refractivity contribution in [2.75, 3.05) is 18.4 Å². The molecule has 162 valence electrons. The molecule has 1 saturated heterocycles. The summed E-state index contributed by atoms with van der Waals surface area (Å²) < 4.78 is 5.62. The van der Waals surface area contributed by atoms with E-state index in [2.05, 4.69) is 5.32 Å². The number of piperidine rings is 1. The Morgan fingerprint density at radius 1 is 0.875 bits per heavy atom. The van der Waals surface area contributed by atoms with Gasteiger partial charge in [0, 0.05) is 42.6 Å². The van der Waals surface area contributed by atoms with E-state index in [1.807, 2.05) is 54.6 Å². The second-order valence-corrected chi connectivity index (χ2v) is 7.67. The predicted octanol–water partition coefficient (Wildman–Crippen LogP) is 5.02. The Bertz CT molecular complexity index is 1090. The van der Waals surface area contributed by atoms with Gasteiger partial charge < -0.3 is 9.64 Å². The lowest BCUT2D eigenvalue weighted by Gasteiger charge is -2.31. The fraction of sp³-hybridized carbons (Fsp3) is 0.192. The van der Waals surface area contributed by atoms with Gasteiger partial charge in [-0.15, -0.1) is 0 Å². The van der Waals surface area contributed by atoms with Gasteiger partial charge in [-0.25, -0.2) is 4.79 Å². The molecule has 1 N–H and O–H groups in total. The van der Waals surface area contributed by atoms with E-state index < -0.39 is 6.09 Å². The van der Waals surface area contributed by atoms with Crippen LogP contribution in [0.2, 0.25) is 0 Å². The van der Waals surface area contributed by atoms with Gasteiger partial charge in [-0.1, -0.05) is 60.7 Å². The number of nitrogens with zero attached hydrogens (tertiary/aromatic N) is 1. The lowest BCUT2D eigenvalue weighted by atomic mass is 10.0. The summed E-state index contributed by atoms with van der Waals surface area (Å²) in [5.41, 5.74) is 3.70. The van der Waals surface area contributed by atoms with Crippen LogP contribution in [0.25, 0.3) is 11.1 Å². The number of benzene rings is 3. The SMILES string of the molecule is O=Cc1ccc(C(=O)N2CCC(OC(=O)Nc3ccccc3-c3ccccc3)CC2)cc1. The Morgan fingerprint density at radius 3 is 2.22 bits per heavy atom. The van der Waals surface area contributed by atoms with E-state index in [1.54, 1.807) is 29.2 Å². The largest absolute Gasteiger partial charge is 0.446 e. The minimum absolute atomic E-state index is 0.0814. The van der Waals surface area contributed by atoms with Gasteiger partial charge in [-0.05, 0) is 23.8 Å². The van der Waals surface area contributed by atoms with E-state index in [4.69, 9.17) is 4.74 Å². The molecular formula is C26H24N2O4. The molecule has 3 aromatic rings. The van der Waals surface area contributed by atoms with Crippen LogP contribution in [0.4, 0.5) is 10.5 Å². The number of ether oxygens (including phenoxy) is 1. The quantitative estimate of drug-likeness (QED) is 0.579. The maximum Gasteiger partial charge on any atom is 0.411 e. The molecule has 6 heteroatoms. The summed E-state index contributed by atoms with van der Waals surface area (Å²) >= 11 is 0. The van der Waals surface area contributed by atoms with Crippen LogP contribution in [0.3, 0.4) is 0 Å². The van der Waals surface area contributed by atoms with Crippen molar-refractivity contribution in [3.8, 4) is 11.1 Å².